The summed E-state index contributed by atoms with van der Waals surface area (Å²) in [5, 5.41) is 0. The van der Waals surface area contributed by atoms with Crippen molar-refractivity contribution in [3.8, 4) is 0 Å². The van der Waals surface area contributed by atoms with Gasteiger partial charge in [0.25, 0.3) is 0 Å². The number of hydrogen-bond acceptors (Lipinski definition) is 0. The van der Waals surface area contributed by atoms with E-state index < -0.39 is 0 Å². The van der Waals surface area contributed by atoms with E-state index >= 15 is 0 Å². The van der Waals surface area contributed by atoms with Crippen LogP contribution >= 0.6 is 0 Å². The van der Waals surface area contributed by atoms with Gasteiger partial charge in [-0.15, -0.1) is 0 Å². The van der Waals surface area contributed by atoms with Crippen molar-refractivity contribution in [3.05, 3.63) is 6.92 Å². The summed E-state index contributed by atoms with van der Waals surface area (Å²) in [5.41, 5.74) is 0. The lowest BCUT2D eigenvalue weighted by atomic mass is 9.78. The van der Waals surface area contributed by atoms with Crippen LogP contribution in [0.5, 0.6) is 0 Å². The van der Waals surface area contributed by atoms with Crippen molar-refractivity contribution in [2.75, 3.05) is 0 Å². The molecule has 0 amide bonds. The Morgan fingerprint density at radius 2 is 1.50 bits per heavy atom. The van der Waals surface area contributed by atoms with Crippen LogP contribution in [0.15, 0.2) is 0 Å². The van der Waals surface area contributed by atoms with E-state index in [4.69, 9.17) is 0 Å². The first-order chi connectivity index (χ1) is 6.86. The van der Waals surface area contributed by atoms with E-state index in [1.54, 1.807) is 0 Å². The van der Waals surface area contributed by atoms with Crippen LogP contribution in [0.4, 0.5) is 0 Å². The lowest BCUT2D eigenvalue weighted by Gasteiger charge is -2.28. The van der Waals surface area contributed by atoms with E-state index in [-0.39, 0.29) is 0 Å². The van der Waals surface area contributed by atoms with Crippen molar-refractivity contribution < 1.29 is 0 Å². The summed E-state index contributed by atoms with van der Waals surface area (Å²) in [6, 6.07) is 0. The molecule has 0 unspecified atom stereocenters. The molecule has 0 atom stereocenters. The Hall–Kier alpha value is 0. The quantitative estimate of drug-likeness (QED) is 0.524. The molecule has 0 heteroatoms. The molecule has 14 heavy (non-hydrogen) atoms. The molecule has 0 aromatic carbocycles. The van der Waals surface area contributed by atoms with Gasteiger partial charge in [0.15, 0.2) is 0 Å². The van der Waals surface area contributed by atoms with Crippen molar-refractivity contribution in [1.29, 1.82) is 0 Å². The standard InChI is InChI=1S/C14H27/c1-3-5-6-8-14-11-9-13(7-4-2)10-12-14/h13-14H,2-12H2,1H3/t13-,14-. The highest BCUT2D eigenvalue weighted by molar-refractivity contribution is 4.72. The van der Waals surface area contributed by atoms with Crippen LogP contribution in [0.2, 0.25) is 0 Å². The van der Waals surface area contributed by atoms with Crippen LogP contribution in [0, 0.1) is 18.8 Å². The monoisotopic (exact) mass is 195 g/mol. The highest BCUT2D eigenvalue weighted by Crippen LogP contribution is 2.33. The first-order valence-electron chi connectivity index (χ1n) is 6.66. The molecule has 1 aliphatic rings. The molecule has 0 nitrogen and oxygen atoms in total. The molecular weight excluding hydrogens is 168 g/mol. The minimum absolute atomic E-state index is 1.02. The van der Waals surface area contributed by atoms with E-state index in [0.717, 1.165) is 18.3 Å². The molecule has 0 spiro atoms. The molecule has 0 bridgehead atoms. The Morgan fingerprint density at radius 1 is 0.929 bits per heavy atom. The predicted molar refractivity (Wildman–Crippen MR) is 64.2 cm³/mol. The zero-order valence-electron chi connectivity index (χ0n) is 9.93. The minimum Gasteiger partial charge on any atom is -0.0654 e. The van der Waals surface area contributed by atoms with Gasteiger partial charge in [-0.05, 0) is 11.8 Å². The molecule has 1 fully saturated rings. The molecule has 1 saturated carbocycles. The third-order valence-electron chi connectivity index (χ3n) is 3.79. The van der Waals surface area contributed by atoms with Gasteiger partial charge in [0.05, 0.1) is 0 Å². The molecule has 1 radical (unpaired) electrons. The highest BCUT2D eigenvalue weighted by atomic mass is 14.3. The summed E-state index contributed by atoms with van der Waals surface area (Å²) in [6.45, 7) is 6.26. The van der Waals surface area contributed by atoms with E-state index in [2.05, 4.69) is 13.8 Å². The molecule has 0 aromatic heterocycles. The van der Waals surface area contributed by atoms with Crippen LogP contribution in [0.3, 0.4) is 0 Å². The number of rotatable bonds is 6. The molecule has 0 heterocycles. The van der Waals surface area contributed by atoms with Gasteiger partial charge in [-0.2, -0.15) is 0 Å². The molecule has 0 N–H and O–H groups in total. The first kappa shape index (κ1) is 12.1. The summed E-state index contributed by atoms with van der Waals surface area (Å²) < 4.78 is 0. The Morgan fingerprint density at radius 3 is 2.00 bits per heavy atom. The second-order valence-electron chi connectivity index (χ2n) is 5.02. The van der Waals surface area contributed by atoms with Crippen molar-refractivity contribution in [3.63, 3.8) is 0 Å². The number of hydrogen-bond donors (Lipinski definition) is 0. The van der Waals surface area contributed by atoms with Gasteiger partial charge < -0.3 is 0 Å². The summed E-state index contributed by atoms with van der Waals surface area (Å²) in [7, 11) is 0. The number of unbranched alkanes of at least 4 members (excludes halogenated alkanes) is 2. The van der Waals surface area contributed by atoms with E-state index in [9.17, 15) is 0 Å². The van der Waals surface area contributed by atoms with E-state index in [1.807, 2.05) is 0 Å². The van der Waals surface area contributed by atoms with Crippen molar-refractivity contribution >= 4 is 0 Å². The van der Waals surface area contributed by atoms with Crippen LogP contribution in [-0.4, -0.2) is 0 Å². The fourth-order valence-corrected chi connectivity index (χ4v) is 2.78. The van der Waals surface area contributed by atoms with Crippen molar-refractivity contribution in [1.82, 2.24) is 0 Å². The lowest BCUT2D eigenvalue weighted by Crippen LogP contribution is -2.14. The fourth-order valence-electron chi connectivity index (χ4n) is 2.78. The van der Waals surface area contributed by atoms with Gasteiger partial charge >= 0.3 is 0 Å². The molecule has 1 aliphatic carbocycles. The maximum absolute atomic E-state index is 3.96. The van der Waals surface area contributed by atoms with Gasteiger partial charge in [0, 0.05) is 0 Å². The van der Waals surface area contributed by atoms with Gasteiger partial charge in [-0.3, -0.25) is 0 Å². The van der Waals surface area contributed by atoms with Crippen LogP contribution in [0.25, 0.3) is 0 Å². The maximum Gasteiger partial charge on any atom is -0.0414 e. The van der Waals surface area contributed by atoms with Crippen LogP contribution in [0.1, 0.15) is 71.1 Å². The third-order valence-corrected chi connectivity index (χ3v) is 3.79. The van der Waals surface area contributed by atoms with E-state index in [0.29, 0.717) is 0 Å². The summed E-state index contributed by atoms with van der Waals surface area (Å²) >= 11 is 0. The average Bonchev–Trinajstić information content (AvgIpc) is 2.21. The molecule has 0 aliphatic heterocycles. The molecule has 83 valence electrons. The van der Waals surface area contributed by atoms with Crippen molar-refractivity contribution in [2.24, 2.45) is 11.8 Å². The zero-order valence-corrected chi connectivity index (χ0v) is 9.93. The van der Waals surface area contributed by atoms with Gasteiger partial charge in [-0.1, -0.05) is 78.1 Å². The topological polar surface area (TPSA) is 0 Å². The summed E-state index contributed by atoms with van der Waals surface area (Å²) in [5.74, 6) is 2.09. The van der Waals surface area contributed by atoms with Crippen LogP contribution in [-0.2, 0) is 0 Å². The fraction of sp³-hybridized carbons (Fsp3) is 0.929. The van der Waals surface area contributed by atoms with Gasteiger partial charge in [-0.25, -0.2) is 0 Å². The molecular formula is C14H27. The SMILES string of the molecule is [CH2]CC[C@H]1CC[C@H](CCCCC)CC1. The normalized spacial score (nSPS) is 27.9. The molecule has 0 saturated heterocycles. The lowest BCUT2D eigenvalue weighted by molar-refractivity contribution is 0.250. The highest BCUT2D eigenvalue weighted by Gasteiger charge is 2.19. The predicted octanol–water partition coefficient (Wildman–Crippen LogP) is 4.99. The van der Waals surface area contributed by atoms with Gasteiger partial charge in [0.1, 0.15) is 0 Å². The Labute approximate surface area is 90.5 Å². The summed E-state index contributed by atoms with van der Waals surface area (Å²) in [6.07, 6.45) is 14.3. The molecule has 0 aromatic rings. The summed E-state index contributed by atoms with van der Waals surface area (Å²) in [4.78, 5) is 0. The minimum atomic E-state index is 1.02. The third kappa shape index (κ3) is 4.48. The molecule has 1 rings (SSSR count). The Bertz CT molecular complexity index is 120. The van der Waals surface area contributed by atoms with Gasteiger partial charge in [0.2, 0.25) is 0 Å². The zero-order chi connectivity index (χ0) is 10.2. The van der Waals surface area contributed by atoms with Crippen molar-refractivity contribution in [2.45, 2.75) is 71.1 Å². The van der Waals surface area contributed by atoms with Crippen LogP contribution < -0.4 is 0 Å². The second-order valence-corrected chi connectivity index (χ2v) is 5.02. The average molecular weight is 195 g/mol. The maximum atomic E-state index is 3.96. The smallest absolute Gasteiger partial charge is 0.0414 e. The first-order valence-corrected chi connectivity index (χ1v) is 6.66. The largest absolute Gasteiger partial charge is 0.0654 e. The second kappa shape index (κ2) is 7.31. The Kier molecular flexibility index (Phi) is 6.31. The Balaban J connectivity index is 2.03. The van der Waals surface area contributed by atoms with E-state index in [1.165, 1.54) is 57.8 Å².